The SMILES string of the molecule is CCCC1(CNCC(=O)NC2CCCCCC2)CC1. The van der Waals surface area contributed by atoms with Crippen LogP contribution in [0.5, 0.6) is 0 Å². The maximum Gasteiger partial charge on any atom is 0.234 e. The van der Waals surface area contributed by atoms with Gasteiger partial charge < -0.3 is 10.6 Å². The van der Waals surface area contributed by atoms with Crippen LogP contribution >= 0.6 is 0 Å². The molecule has 0 aliphatic heterocycles. The van der Waals surface area contributed by atoms with Crippen LogP contribution in [0.2, 0.25) is 0 Å². The van der Waals surface area contributed by atoms with E-state index in [0.717, 1.165) is 6.54 Å². The minimum absolute atomic E-state index is 0.194. The maximum absolute atomic E-state index is 11.9. The lowest BCUT2D eigenvalue weighted by molar-refractivity contribution is -0.121. The van der Waals surface area contributed by atoms with Crippen LogP contribution < -0.4 is 10.6 Å². The molecule has 0 aromatic rings. The Hall–Kier alpha value is -0.570. The van der Waals surface area contributed by atoms with Gasteiger partial charge in [0.05, 0.1) is 6.54 Å². The van der Waals surface area contributed by atoms with Crippen LogP contribution in [0.15, 0.2) is 0 Å². The van der Waals surface area contributed by atoms with E-state index >= 15 is 0 Å². The number of rotatable bonds is 7. The third-order valence-electron chi connectivity index (χ3n) is 4.74. The monoisotopic (exact) mass is 266 g/mol. The standard InChI is InChI=1S/C16H30N2O/c1-2-9-16(10-11-16)13-17-12-15(19)18-14-7-5-3-4-6-8-14/h14,17H,2-13H2,1H3,(H,18,19). The molecule has 2 saturated carbocycles. The predicted octanol–water partition coefficient (Wildman–Crippen LogP) is 3.00. The summed E-state index contributed by atoms with van der Waals surface area (Å²) in [5.74, 6) is 0.194. The summed E-state index contributed by atoms with van der Waals surface area (Å²) in [6.45, 7) is 3.78. The number of hydrogen-bond donors (Lipinski definition) is 2. The van der Waals surface area contributed by atoms with Gasteiger partial charge in [0.25, 0.3) is 0 Å². The fourth-order valence-corrected chi connectivity index (χ4v) is 3.37. The second-order valence-corrected chi connectivity index (χ2v) is 6.61. The van der Waals surface area contributed by atoms with E-state index in [9.17, 15) is 4.79 Å². The van der Waals surface area contributed by atoms with E-state index in [1.165, 1.54) is 64.2 Å². The van der Waals surface area contributed by atoms with Gasteiger partial charge in [-0.3, -0.25) is 4.79 Å². The molecule has 3 nitrogen and oxygen atoms in total. The molecule has 0 heterocycles. The Labute approximate surface area is 117 Å². The second-order valence-electron chi connectivity index (χ2n) is 6.61. The first-order valence-corrected chi connectivity index (χ1v) is 8.24. The van der Waals surface area contributed by atoms with E-state index in [1.54, 1.807) is 0 Å². The van der Waals surface area contributed by atoms with Crippen LogP contribution in [0.4, 0.5) is 0 Å². The first-order valence-electron chi connectivity index (χ1n) is 8.24. The minimum atomic E-state index is 0.194. The molecule has 3 heteroatoms. The Balaban J connectivity index is 1.59. The summed E-state index contributed by atoms with van der Waals surface area (Å²) in [5.41, 5.74) is 0.539. The topological polar surface area (TPSA) is 41.1 Å². The van der Waals surface area contributed by atoms with Crippen LogP contribution in [0, 0.1) is 5.41 Å². The van der Waals surface area contributed by atoms with Crippen molar-refractivity contribution in [1.29, 1.82) is 0 Å². The van der Waals surface area contributed by atoms with Crippen molar-refractivity contribution in [1.82, 2.24) is 10.6 Å². The second kappa shape index (κ2) is 7.28. The third kappa shape index (κ3) is 5.13. The molecule has 2 aliphatic rings. The van der Waals surface area contributed by atoms with Gasteiger partial charge in [-0.2, -0.15) is 0 Å². The highest BCUT2D eigenvalue weighted by molar-refractivity contribution is 5.78. The molecular formula is C16H30N2O. The van der Waals surface area contributed by atoms with E-state index < -0.39 is 0 Å². The van der Waals surface area contributed by atoms with Crippen molar-refractivity contribution in [3.8, 4) is 0 Å². The van der Waals surface area contributed by atoms with E-state index in [-0.39, 0.29) is 5.91 Å². The van der Waals surface area contributed by atoms with Gasteiger partial charge in [0.1, 0.15) is 0 Å². The van der Waals surface area contributed by atoms with E-state index in [4.69, 9.17) is 0 Å². The molecule has 0 aromatic carbocycles. The van der Waals surface area contributed by atoms with Crippen molar-refractivity contribution in [3.05, 3.63) is 0 Å². The minimum Gasteiger partial charge on any atom is -0.352 e. The summed E-state index contributed by atoms with van der Waals surface area (Å²) in [4.78, 5) is 11.9. The fraction of sp³-hybridized carbons (Fsp3) is 0.938. The zero-order chi connectivity index (χ0) is 13.6. The maximum atomic E-state index is 11.9. The molecule has 0 spiro atoms. The highest BCUT2D eigenvalue weighted by Crippen LogP contribution is 2.48. The first kappa shape index (κ1) is 14.8. The van der Waals surface area contributed by atoms with Crippen molar-refractivity contribution in [3.63, 3.8) is 0 Å². The third-order valence-corrected chi connectivity index (χ3v) is 4.74. The van der Waals surface area contributed by atoms with E-state index in [2.05, 4.69) is 17.6 Å². The van der Waals surface area contributed by atoms with Crippen LogP contribution in [0.1, 0.15) is 71.1 Å². The predicted molar refractivity (Wildman–Crippen MR) is 79.1 cm³/mol. The fourth-order valence-electron chi connectivity index (χ4n) is 3.37. The molecule has 2 N–H and O–H groups in total. The highest BCUT2D eigenvalue weighted by Gasteiger charge is 2.40. The summed E-state index contributed by atoms with van der Waals surface area (Å²) >= 11 is 0. The molecule has 110 valence electrons. The van der Waals surface area contributed by atoms with Crippen molar-refractivity contribution in [2.24, 2.45) is 5.41 Å². The van der Waals surface area contributed by atoms with Gasteiger partial charge in [0.15, 0.2) is 0 Å². The summed E-state index contributed by atoms with van der Waals surface area (Å²) in [6.07, 6.45) is 12.8. The lowest BCUT2D eigenvalue weighted by Gasteiger charge is -2.18. The summed E-state index contributed by atoms with van der Waals surface area (Å²) < 4.78 is 0. The lowest BCUT2D eigenvalue weighted by Crippen LogP contribution is -2.41. The molecule has 2 rings (SSSR count). The summed E-state index contributed by atoms with van der Waals surface area (Å²) in [6, 6.07) is 0.433. The smallest absolute Gasteiger partial charge is 0.234 e. The molecule has 0 aromatic heterocycles. The summed E-state index contributed by atoms with van der Waals surface area (Å²) in [5, 5.41) is 6.56. The van der Waals surface area contributed by atoms with Gasteiger partial charge in [-0.15, -0.1) is 0 Å². The van der Waals surface area contributed by atoms with Crippen molar-refractivity contribution >= 4 is 5.91 Å². The van der Waals surface area contributed by atoms with Crippen LogP contribution in [-0.2, 0) is 4.79 Å². The molecule has 19 heavy (non-hydrogen) atoms. The number of carbonyl (C=O) groups is 1. The average Bonchev–Trinajstić information content (AvgIpc) is 3.15. The van der Waals surface area contributed by atoms with Gasteiger partial charge in [-0.1, -0.05) is 39.0 Å². The molecule has 1 amide bonds. The molecule has 2 fully saturated rings. The molecule has 0 unspecified atom stereocenters. The average molecular weight is 266 g/mol. The first-order chi connectivity index (χ1) is 9.24. The number of nitrogens with one attached hydrogen (secondary N) is 2. The highest BCUT2D eigenvalue weighted by atomic mass is 16.1. The molecule has 2 aliphatic carbocycles. The van der Waals surface area contributed by atoms with Gasteiger partial charge in [0, 0.05) is 12.6 Å². The van der Waals surface area contributed by atoms with Gasteiger partial charge in [0.2, 0.25) is 5.91 Å². The van der Waals surface area contributed by atoms with Gasteiger partial charge in [-0.25, -0.2) is 0 Å². The van der Waals surface area contributed by atoms with Crippen LogP contribution in [0.25, 0.3) is 0 Å². The summed E-state index contributed by atoms with van der Waals surface area (Å²) in [7, 11) is 0. The number of amides is 1. The zero-order valence-corrected chi connectivity index (χ0v) is 12.5. The molecule has 0 atom stereocenters. The zero-order valence-electron chi connectivity index (χ0n) is 12.5. The van der Waals surface area contributed by atoms with Crippen molar-refractivity contribution < 1.29 is 4.79 Å². The normalized spacial score (nSPS) is 22.8. The van der Waals surface area contributed by atoms with Gasteiger partial charge in [-0.05, 0) is 37.5 Å². The van der Waals surface area contributed by atoms with Crippen molar-refractivity contribution in [2.45, 2.75) is 77.2 Å². The number of carbonyl (C=O) groups excluding carboxylic acids is 1. The van der Waals surface area contributed by atoms with E-state index in [1.807, 2.05) is 0 Å². The van der Waals surface area contributed by atoms with Crippen LogP contribution in [-0.4, -0.2) is 25.0 Å². The Morgan fingerprint density at radius 3 is 2.42 bits per heavy atom. The molecular weight excluding hydrogens is 236 g/mol. The Morgan fingerprint density at radius 2 is 1.84 bits per heavy atom. The molecule has 0 bridgehead atoms. The Bertz CT molecular complexity index is 278. The quantitative estimate of drug-likeness (QED) is 0.696. The van der Waals surface area contributed by atoms with Gasteiger partial charge >= 0.3 is 0 Å². The Morgan fingerprint density at radius 1 is 1.16 bits per heavy atom. The van der Waals surface area contributed by atoms with Crippen LogP contribution in [0.3, 0.4) is 0 Å². The Kier molecular flexibility index (Phi) is 5.68. The number of hydrogen-bond acceptors (Lipinski definition) is 2. The molecule has 0 radical (unpaired) electrons. The lowest BCUT2D eigenvalue weighted by atomic mass is 10.0. The van der Waals surface area contributed by atoms with Crippen molar-refractivity contribution in [2.75, 3.05) is 13.1 Å². The van der Waals surface area contributed by atoms with E-state index in [0.29, 0.717) is 18.0 Å². The molecule has 0 saturated heterocycles. The largest absolute Gasteiger partial charge is 0.352 e.